The number of carbonyl (C=O) groups excluding carboxylic acids is 1. The second-order valence-corrected chi connectivity index (χ2v) is 7.50. The normalized spacial score (nSPS) is 28.1. The first-order chi connectivity index (χ1) is 11.3. The number of hydrogen-bond donors (Lipinski definition) is 2. The predicted molar refractivity (Wildman–Crippen MR) is 93.7 cm³/mol. The number of carbonyl (C=O) groups is 2. The van der Waals surface area contributed by atoms with Crippen molar-refractivity contribution in [3.05, 3.63) is 40.5 Å². The number of nitrogens with one attached hydrogen (secondary N) is 1. The van der Waals surface area contributed by atoms with E-state index in [4.69, 9.17) is 0 Å². The molecule has 0 heterocycles. The number of amides is 1. The van der Waals surface area contributed by atoms with Crippen molar-refractivity contribution >= 4 is 17.6 Å². The fraction of sp³-hybridized carbons (Fsp3) is 0.500. The van der Waals surface area contributed by atoms with Gasteiger partial charge in [0, 0.05) is 5.69 Å². The van der Waals surface area contributed by atoms with Gasteiger partial charge in [0.1, 0.15) is 0 Å². The minimum absolute atomic E-state index is 0.0208. The number of anilines is 1. The van der Waals surface area contributed by atoms with Gasteiger partial charge in [0.25, 0.3) is 0 Å². The standard InChI is InChI=1S/C20H25NO3/c1-10(2)16-14-5-6-15(16)18(20(23)24)17(14)19(22)21-13-8-11(3)7-12(4)9-13/h7-9,14-15,17-18H,5-6H2,1-4H3,(H,21,22)(H,23,24)/t14-,15+,17+,18+/m0/s1. The monoisotopic (exact) mass is 327 g/mol. The van der Waals surface area contributed by atoms with Gasteiger partial charge >= 0.3 is 5.97 Å². The number of benzene rings is 1. The van der Waals surface area contributed by atoms with Gasteiger partial charge in [-0.05, 0) is 75.6 Å². The van der Waals surface area contributed by atoms with Crippen LogP contribution in [0.3, 0.4) is 0 Å². The summed E-state index contributed by atoms with van der Waals surface area (Å²) in [5.41, 5.74) is 5.30. The fourth-order valence-electron chi connectivity index (χ4n) is 4.88. The molecule has 2 saturated carbocycles. The van der Waals surface area contributed by atoms with Crippen LogP contribution in [0.15, 0.2) is 29.3 Å². The van der Waals surface area contributed by atoms with Crippen LogP contribution in [0.2, 0.25) is 0 Å². The fourth-order valence-corrected chi connectivity index (χ4v) is 4.88. The van der Waals surface area contributed by atoms with Crippen molar-refractivity contribution in [3.63, 3.8) is 0 Å². The molecule has 3 rings (SSSR count). The van der Waals surface area contributed by atoms with Crippen LogP contribution in [0.25, 0.3) is 0 Å². The summed E-state index contributed by atoms with van der Waals surface area (Å²) in [6, 6.07) is 5.90. The van der Waals surface area contributed by atoms with E-state index in [1.54, 1.807) is 0 Å². The number of carboxylic acid groups (broad SMARTS) is 1. The number of aliphatic carboxylic acids is 1. The van der Waals surface area contributed by atoms with Gasteiger partial charge in [-0.1, -0.05) is 17.2 Å². The lowest BCUT2D eigenvalue weighted by molar-refractivity contribution is -0.148. The van der Waals surface area contributed by atoms with E-state index in [2.05, 4.69) is 11.4 Å². The van der Waals surface area contributed by atoms with Crippen LogP contribution in [-0.4, -0.2) is 17.0 Å². The molecule has 0 unspecified atom stereocenters. The van der Waals surface area contributed by atoms with Crippen LogP contribution in [0.5, 0.6) is 0 Å². The minimum atomic E-state index is -0.846. The average molecular weight is 327 g/mol. The lowest BCUT2D eigenvalue weighted by atomic mass is 9.78. The highest BCUT2D eigenvalue weighted by molar-refractivity contribution is 5.96. The van der Waals surface area contributed by atoms with Crippen LogP contribution in [-0.2, 0) is 9.59 Å². The second-order valence-electron chi connectivity index (χ2n) is 7.50. The molecule has 2 aliphatic rings. The summed E-state index contributed by atoms with van der Waals surface area (Å²) in [5, 5.41) is 12.7. The Morgan fingerprint density at radius 2 is 1.54 bits per heavy atom. The molecule has 1 aromatic carbocycles. The first kappa shape index (κ1) is 16.7. The number of hydrogen-bond acceptors (Lipinski definition) is 2. The van der Waals surface area contributed by atoms with Gasteiger partial charge in [0.05, 0.1) is 11.8 Å². The average Bonchev–Trinajstić information content (AvgIpc) is 3.01. The maximum atomic E-state index is 12.9. The third kappa shape index (κ3) is 2.74. The van der Waals surface area contributed by atoms with Gasteiger partial charge in [-0.3, -0.25) is 9.59 Å². The van der Waals surface area contributed by atoms with Gasteiger partial charge in [-0.25, -0.2) is 0 Å². The molecule has 4 nitrogen and oxygen atoms in total. The van der Waals surface area contributed by atoms with Gasteiger partial charge in [-0.15, -0.1) is 0 Å². The van der Waals surface area contributed by atoms with E-state index in [0.29, 0.717) is 0 Å². The van der Waals surface area contributed by atoms with Crippen molar-refractivity contribution in [2.24, 2.45) is 23.7 Å². The molecule has 1 aromatic rings. The Balaban J connectivity index is 1.91. The molecule has 2 fully saturated rings. The van der Waals surface area contributed by atoms with Crippen LogP contribution in [0, 0.1) is 37.5 Å². The molecule has 1 amide bonds. The smallest absolute Gasteiger partial charge is 0.307 e. The summed E-state index contributed by atoms with van der Waals surface area (Å²) in [6.45, 7) is 8.04. The zero-order chi connectivity index (χ0) is 17.6. The lowest BCUT2D eigenvalue weighted by Crippen LogP contribution is -2.37. The summed E-state index contributed by atoms with van der Waals surface area (Å²) in [5.74, 6) is -1.97. The molecule has 0 saturated heterocycles. The van der Waals surface area contributed by atoms with Crippen LogP contribution in [0.4, 0.5) is 5.69 Å². The molecule has 24 heavy (non-hydrogen) atoms. The Morgan fingerprint density at radius 3 is 2.04 bits per heavy atom. The van der Waals surface area contributed by atoms with Gasteiger partial charge in [-0.2, -0.15) is 0 Å². The Labute approximate surface area is 143 Å². The Hall–Kier alpha value is -2.10. The van der Waals surface area contributed by atoms with Crippen molar-refractivity contribution in [1.29, 1.82) is 0 Å². The second kappa shape index (κ2) is 6.08. The molecule has 128 valence electrons. The van der Waals surface area contributed by atoms with Crippen LogP contribution in [0.1, 0.15) is 37.8 Å². The number of aryl methyl sites for hydroxylation is 2. The Morgan fingerprint density at radius 1 is 1.00 bits per heavy atom. The molecular weight excluding hydrogens is 302 g/mol. The maximum absolute atomic E-state index is 12.9. The molecule has 2 N–H and O–H groups in total. The van der Waals surface area contributed by atoms with E-state index in [1.807, 2.05) is 39.8 Å². The summed E-state index contributed by atoms with van der Waals surface area (Å²) in [7, 11) is 0. The van der Waals surface area contributed by atoms with Gasteiger partial charge in [0.15, 0.2) is 0 Å². The van der Waals surface area contributed by atoms with Crippen molar-refractivity contribution in [1.82, 2.24) is 0 Å². The minimum Gasteiger partial charge on any atom is -0.481 e. The molecule has 0 aliphatic heterocycles. The highest BCUT2D eigenvalue weighted by atomic mass is 16.4. The first-order valence-electron chi connectivity index (χ1n) is 8.59. The zero-order valence-electron chi connectivity index (χ0n) is 14.7. The van der Waals surface area contributed by atoms with Crippen molar-refractivity contribution in [2.75, 3.05) is 5.32 Å². The van der Waals surface area contributed by atoms with E-state index in [9.17, 15) is 14.7 Å². The van der Waals surface area contributed by atoms with Crippen LogP contribution < -0.4 is 5.32 Å². The third-order valence-electron chi connectivity index (χ3n) is 5.50. The van der Waals surface area contributed by atoms with E-state index in [1.165, 1.54) is 11.1 Å². The molecule has 0 aromatic heterocycles. The number of rotatable bonds is 3. The van der Waals surface area contributed by atoms with Gasteiger partial charge < -0.3 is 10.4 Å². The number of carboxylic acids is 1. The maximum Gasteiger partial charge on any atom is 0.307 e. The van der Waals surface area contributed by atoms with Crippen molar-refractivity contribution < 1.29 is 14.7 Å². The molecule has 4 atom stereocenters. The van der Waals surface area contributed by atoms with Crippen LogP contribution >= 0.6 is 0 Å². The first-order valence-corrected chi connectivity index (χ1v) is 8.59. The zero-order valence-corrected chi connectivity index (χ0v) is 14.7. The topological polar surface area (TPSA) is 66.4 Å². The molecule has 4 heteroatoms. The summed E-state index contributed by atoms with van der Waals surface area (Å²) in [4.78, 5) is 24.7. The Bertz CT molecular complexity index is 710. The van der Waals surface area contributed by atoms with Crippen molar-refractivity contribution in [3.8, 4) is 0 Å². The summed E-state index contributed by atoms with van der Waals surface area (Å²) < 4.78 is 0. The van der Waals surface area contributed by atoms with E-state index in [0.717, 1.165) is 29.7 Å². The molecule has 2 aliphatic carbocycles. The lowest BCUT2D eigenvalue weighted by Gasteiger charge is -2.26. The largest absolute Gasteiger partial charge is 0.481 e. The van der Waals surface area contributed by atoms with E-state index >= 15 is 0 Å². The van der Waals surface area contributed by atoms with Gasteiger partial charge in [0.2, 0.25) is 5.91 Å². The Kier molecular flexibility index (Phi) is 4.24. The molecule has 0 radical (unpaired) electrons. The summed E-state index contributed by atoms with van der Waals surface area (Å²) in [6.07, 6.45) is 1.80. The third-order valence-corrected chi connectivity index (χ3v) is 5.50. The highest BCUT2D eigenvalue weighted by Gasteiger charge is 2.57. The highest BCUT2D eigenvalue weighted by Crippen LogP contribution is 2.57. The summed E-state index contributed by atoms with van der Waals surface area (Å²) >= 11 is 0. The SMILES string of the molecule is CC(C)=C1[C@H]2CC[C@@H]1[C@@H](C(=O)Nc1cc(C)cc(C)c1)[C@@H]2C(=O)O. The molecule has 2 bridgehead atoms. The predicted octanol–water partition coefficient (Wildman–Crippen LogP) is 3.94. The van der Waals surface area contributed by atoms with E-state index < -0.39 is 17.8 Å². The number of allylic oxidation sites excluding steroid dienone is 2. The number of fused-ring (bicyclic) bond motifs is 2. The van der Waals surface area contributed by atoms with Crippen molar-refractivity contribution in [2.45, 2.75) is 40.5 Å². The molecule has 0 spiro atoms. The molecular formula is C20H25NO3. The van der Waals surface area contributed by atoms with E-state index in [-0.39, 0.29) is 17.7 Å². The quantitative estimate of drug-likeness (QED) is 0.827.